The molecule has 0 saturated carbocycles. The van der Waals surface area contributed by atoms with Crippen LogP contribution >= 0.6 is 0 Å². The Morgan fingerprint density at radius 1 is 1.77 bits per heavy atom. The maximum absolute atomic E-state index is 10.6. The number of rotatable bonds is 1. The largest absolute Gasteiger partial charge is 0.459 e. The molecule has 0 spiro atoms. The van der Waals surface area contributed by atoms with Crippen LogP contribution in [-0.2, 0) is 16.0 Å². The van der Waals surface area contributed by atoms with Crippen molar-refractivity contribution in [3.05, 3.63) is 17.5 Å². The quantitative estimate of drug-likeness (QED) is 0.503. The molecule has 0 unspecified atom stereocenters. The summed E-state index contributed by atoms with van der Waals surface area (Å²) in [4.78, 5) is 10.6. The Bertz CT molecular complexity index is 357. The van der Waals surface area contributed by atoms with Gasteiger partial charge in [-0.25, -0.2) is 4.79 Å². The zero-order chi connectivity index (χ0) is 9.68. The van der Waals surface area contributed by atoms with Gasteiger partial charge in [-0.3, -0.25) is 5.10 Å². The molecule has 0 aliphatic rings. The van der Waals surface area contributed by atoms with Crippen molar-refractivity contribution in [3.63, 3.8) is 0 Å². The number of aromatic nitrogens is 2. The molecule has 1 rings (SSSR count). The third-order valence-electron chi connectivity index (χ3n) is 1.48. The molecule has 4 nitrogen and oxygen atoms in total. The Morgan fingerprint density at radius 2 is 2.54 bits per heavy atom. The van der Waals surface area contributed by atoms with Gasteiger partial charge in [-0.1, -0.05) is 6.92 Å². The molecule has 0 fully saturated rings. The molecule has 0 aromatic carbocycles. The summed E-state index contributed by atoms with van der Waals surface area (Å²) in [5.41, 5.74) is 1.55. The first-order valence-electron chi connectivity index (χ1n) is 3.90. The van der Waals surface area contributed by atoms with E-state index in [1.54, 1.807) is 6.07 Å². The first-order chi connectivity index (χ1) is 6.26. The van der Waals surface area contributed by atoms with Crippen molar-refractivity contribution >= 4 is 5.97 Å². The Labute approximate surface area is 76.3 Å². The number of nitrogens with one attached hydrogen (secondary N) is 1. The Morgan fingerprint density at radius 3 is 3.08 bits per heavy atom. The lowest BCUT2D eigenvalue weighted by molar-refractivity contribution is -0.133. The summed E-state index contributed by atoms with van der Waals surface area (Å²) in [5.74, 6) is 4.36. The van der Waals surface area contributed by atoms with E-state index in [9.17, 15) is 4.79 Å². The van der Waals surface area contributed by atoms with E-state index < -0.39 is 5.97 Å². The summed E-state index contributed by atoms with van der Waals surface area (Å²) in [7, 11) is 1.29. The van der Waals surface area contributed by atoms with Crippen molar-refractivity contribution in [1.29, 1.82) is 0 Å². The van der Waals surface area contributed by atoms with Gasteiger partial charge in [0.15, 0.2) is 0 Å². The van der Waals surface area contributed by atoms with Gasteiger partial charge in [0.05, 0.1) is 12.8 Å². The molecule has 1 aromatic heterocycles. The minimum absolute atomic E-state index is 0.548. The van der Waals surface area contributed by atoms with Crippen LogP contribution in [0.3, 0.4) is 0 Å². The molecule has 0 amide bonds. The second-order valence-electron chi connectivity index (χ2n) is 2.37. The van der Waals surface area contributed by atoms with E-state index in [4.69, 9.17) is 0 Å². The lowest BCUT2D eigenvalue weighted by Crippen LogP contribution is -1.94. The van der Waals surface area contributed by atoms with E-state index in [0.717, 1.165) is 12.1 Å². The number of hydrogen-bond acceptors (Lipinski definition) is 3. The van der Waals surface area contributed by atoms with Gasteiger partial charge < -0.3 is 4.74 Å². The fraction of sp³-hybridized carbons (Fsp3) is 0.333. The smallest absolute Gasteiger partial charge is 0.384 e. The van der Waals surface area contributed by atoms with Gasteiger partial charge in [0.2, 0.25) is 0 Å². The number of aromatic amines is 1. The highest BCUT2D eigenvalue weighted by Gasteiger charge is 1.95. The molecule has 0 radical (unpaired) electrons. The van der Waals surface area contributed by atoms with Crippen molar-refractivity contribution in [1.82, 2.24) is 10.2 Å². The van der Waals surface area contributed by atoms with Crippen LogP contribution in [0.5, 0.6) is 0 Å². The third kappa shape index (κ3) is 2.64. The van der Waals surface area contributed by atoms with E-state index in [1.165, 1.54) is 7.11 Å². The van der Waals surface area contributed by atoms with Crippen LogP contribution in [0.1, 0.15) is 18.3 Å². The number of H-pyrrole nitrogens is 1. The van der Waals surface area contributed by atoms with Gasteiger partial charge >= 0.3 is 5.97 Å². The molecule has 4 heteroatoms. The molecule has 0 bridgehead atoms. The molecule has 68 valence electrons. The molecule has 1 heterocycles. The lowest BCUT2D eigenvalue weighted by Gasteiger charge is -1.83. The molecular weight excluding hydrogens is 168 g/mol. The minimum atomic E-state index is -0.548. The van der Waals surface area contributed by atoms with Crippen molar-refractivity contribution < 1.29 is 9.53 Å². The second kappa shape index (κ2) is 4.31. The molecule has 1 N–H and O–H groups in total. The average Bonchev–Trinajstić information content (AvgIpc) is 2.61. The van der Waals surface area contributed by atoms with E-state index >= 15 is 0 Å². The highest BCUT2D eigenvalue weighted by Crippen LogP contribution is 1.97. The first-order valence-corrected chi connectivity index (χ1v) is 3.90. The van der Waals surface area contributed by atoms with E-state index in [-0.39, 0.29) is 0 Å². The fourth-order valence-corrected chi connectivity index (χ4v) is 0.778. The number of ether oxygens (including phenoxy) is 1. The number of aryl methyl sites for hydroxylation is 1. The number of esters is 1. The fourth-order valence-electron chi connectivity index (χ4n) is 0.778. The second-order valence-corrected chi connectivity index (χ2v) is 2.37. The summed E-state index contributed by atoms with van der Waals surface area (Å²) in [6.45, 7) is 1.99. The van der Waals surface area contributed by atoms with Crippen LogP contribution in [0.2, 0.25) is 0 Å². The molecule has 0 aliphatic heterocycles. The van der Waals surface area contributed by atoms with Gasteiger partial charge in [-0.15, -0.1) is 0 Å². The summed E-state index contributed by atoms with van der Waals surface area (Å²) in [5, 5.41) is 6.66. The highest BCUT2D eigenvalue weighted by atomic mass is 16.5. The van der Waals surface area contributed by atoms with Crippen LogP contribution < -0.4 is 0 Å². The van der Waals surface area contributed by atoms with Crippen molar-refractivity contribution in [2.45, 2.75) is 13.3 Å². The molecule has 13 heavy (non-hydrogen) atoms. The zero-order valence-corrected chi connectivity index (χ0v) is 7.55. The topological polar surface area (TPSA) is 55.0 Å². The molecule has 1 aromatic rings. The van der Waals surface area contributed by atoms with Crippen molar-refractivity contribution in [3.8, 4) is 11.8 Å². The molecule has 0 atom stereocenters. The number of nitrogens with zero attached hydrogens (tertiary/aromatic N) is 1. The minimum Gasteiger partial charge on any atom is -0.459 e. The van der Waals surface area contributed by atoms with Crippen LogP contribution in [0, 0.1) is 11.8 Å². The van der Waals surface area contributed by atoms with Crippen LogP contribution in [0.4, 0.5) is 0 Å². The summed E-state index contributed by atoms with van der Waals surface area (Å²) in [6, 6.07) is 1.80. The standard InChI is InChI=1S/C9H10N2O2/c1-3-7-6-8(11-10-7)4-5-9(12)13-2/h6H,3H2,1-2H3,(H,10,11). The van der Waals surface area contributed by atoms with Gasteiger partial charge in [0.1, 0.15) is 5.69 Å². The van der Waals surface area contributed by atoms with Gasteiger partial charge in [0, 0.05) is 5.92 Å². The zero-order valence-electron chi connectivity index (χ0n) is 7.55. The van der Waals surface area contributed by atoms with Crippen molar-refractivity contribution in [2.24, 2.45) is 0 Å². The Kier molecular flexibility index (Phi) is 3.09. The number of carbonyl (C=O) groups is 1. The Hall–Kier alpha value is -1.76. The number of methoxy groups -OCH3 is 1. The van der Waals surface area contributed by atoms with E-state index in [0.29, 0.717) is 5.69 Å². The van der Waals surface area contributed by atoms with Crippen LogP contribution in [-0.4, -0.2) is 23.3 Å². The summed E-state index contributed by atoms with van der Waals surface area (Å²) >= 11 is 0. The predicted octanol–water partition coefficient (Wildman–Crippen LogP) is 0.497. The van der Waals surface area contributed by atoms with Crippen molar-refractivity contribution in [2.75, 3.05) is 7.11 Å². The summed E-state index contributed by atoms with van der Waals surface area (Å²) < 4.78 is 4.36. The normalized spacial score (nSPS) is 8.77. The molecular formula is C9H10N2O2. The van der Waals surface area contributed by atoms with Gasteiger partial charge in [-0.2, -0.15) is 5.10 Å². The number of hydrogen-bond donors (Lipinski definition) is 1. The Balaban J connectivity index is 2.72. The lowest BCUT2D eigenvalue weighted by atomic mass is 10.3. The van der Waals surface area contributed by atoms with Crippen LogP contribution in [0.25, 0.3) is 0 Å². The monoisotopic (exact) mass is 178 g/mol. The van der Waals surface area contributed by atoms with Gasteiger partial charge in [0.25, 0.3) is 0 Å². The van der Waals surface area contributed by atoms with Gasteiger partial charge in [-0.05, 0) is 18.4 Å². The highest BCUT2D eigenvalue weighted by molar-refractivity contribution is 5.88. The maximum atomic E-state index is 10.6. The predicted molar refractivity (Wildman–Crippen MR) is 46.9 cm³/mol. The summed E-state index contributed by atoms with van der Waals surface area (Å²) in [6.07, 6.45) is 0.844. The average molecular weight is 178 g/mol. The SMILES string of the molecule is CCc1cc(C#CC(=O)OC)[nH]n1. The van der Waals surface area contributed by atoms with E-state index in [1.807, 2.05) is 6.92 Å². The number of carbonyl (C=O) groups excluding carboxylic acids is 1. The first kappa shape index (κ1) is 9.33. The molecule has 0 aliphatic carbocycles. The van der Waals surface area contributed by atoms with E-state index in [2.05, 4.69) is 26.8 Å². The maximum Gasteiger partial charge on any atom is 0.384 e. The van der Waals surface area contributed by atoms with Crippen LogP contribution in [0.15, 0.2) is 6.07 Å². The third-order valence-corrected chi connectivity index (χ3v) is 1.48. The molecule has 0 saturated heterocycles.